The standard InChI is InChI=1S/C24H30N4O2S/c1-17(2)21(23(29)27(3)4)31-24-26-25-22(19-11-13-20(30-5)14-12-19)28(24)16-15-18-9-7-6-8-10-18/h6-14,17,21H,15-16H2,1-5H3. The van der Waals surface area contributed by atoms with Crippen LogP contribution in [0.1, 0.15) is 19.4 Å². The maximum atomic E-state index is 12.8. The summed E-state index contributed by atoms with van der Waals surface area (Å²) in [6.07, 6.45) is 0.851. The van der Waals surface area contributed by atoms with Crippen LogP contribution in [0.3, 0.4) is 0 Å². The Hall–Kier alpha value is -2.80. The van der Waals surface area contributed by atoms with Gasteiger partial charge in [0.05, 0.1) is 12.4 Å². The Kier molecular flexibility index (Phi) is 7.74. The number of hydrogen-bond acceptors (Lipinski definition) is 5. The van der Waals surface area contributed by atoms with Crippen LogP contribution in [0.5, 0.6) is 5.75 Å². The summed E-state index contributed by atoms with van der Waals surface area (Å²) in [5.74, 6) is 1.85. The number of hydrogen-bond donors (Lipinski definition) is 0. The van der Waals surface area contributed by atoms with Crippen LogP contribution in [-0.2, 0) is 17.8 Å². The second-order valence-electron chi connectivity index (χ2n) is 7.94. The molecule has 7 heteroatoms. The highest BCUT2D eigenvalue weighted by molar-refractivity contribution is 8.00. The Morgan fingerprint density at radius 1 is 1.06 bits per heavy atom. The molecule has 0 fully saturated rings. The molecule has 1 aromatic heterocycles. The van der Waals surface area contributed by atoms with Gasteiger partial charge in [-0.2, -0.15) is 0 Å². The molecule has 2 aromatic carbocycles. The van der Waals surface area contributed by atoms with Gasteiger partial charge in [-0.25, -0.2) is 0 Å². The minimum Gasteiger partial charge on any atom is -0.497 e. The molecule has 1 amide bonds. The minimum atomic E-state index is -0.224. The molecule has 0 saturated heterocycles. The summed E-state index contributed by atoms with van der Waals surface area (Å²) in [4.78, 5) is 14.4. The van der Waals surface area contributed by atoms with E-state index in [2.05, 4.69) is 40.7 Å². The van der Waals surface area contributed by atoms with E-state index in [-0.39, 0.29) is 17.1 Å². The number of benzene rings is 2. The van der Waals surface area contributed by atoms with E-state index in [1.807, 2.05) is 42.5 Å². The van der Waals surface area contributed by atoms with Crippen LogP contribution in [-0.4, -0.2) is 52.0 Å². The lowest BCUT2D eigenvalue weighted by atomic mass is 10.1. The van der Waals surface area contributed by atoms with Crippen molar-refractivity contribution in [3.63, 3.8) is 0 Å². The van der Waals surface area contributed by atoms with Crippen LogP contribution in [0.15, 0.2) is 59.8 Å². The highest BCUT2D eigenvalue weighted by Crippen LogP contribution is 2.31. The van der Waals surface area contributed by atoms with Crippen LogP contribution < -0.4 is 4.74 Å². The minimum absolute atomic E-state index is 0.0867. The summed E-state index contributed by atoms with van der Waals surface area (Å²) in [7, 11) is 5.24. The number of amides is 1. The van der Waals surface area contributed by atoms with Gasteiger partial charge in [0.15, 0.2) is 11.0 Å². The summed E-state index contributed by atoms with van der Waals surface area (Å²) in [6, 6.07) is 18.2. The zero-order valence-corrected chi connectivity index (χ0v) is 19.6. The lowest BCUT2D eigenvalue weighted by molar-refractivity contribution is -0.128. The summed E-state index contributed by atoms with van der Waals surface area (Å²) < 4.78 is 7.41. The van der Waals surface area contributed by atoms with Crippen LogP contribution in [0.25, 0.3) is 11.4 Å². The van der Waals surface area contributed by atoms with Crippen molar-refractivity contribution in [3.05, 3.63) is 60.2 Å². The van der Waals surface area contributed by atoms with Crippen molar-refractivity contribution >= 4 is 17.7 Å². The van der Waals surface area contributed by atoms with Gasteiger partial charge >= 0.3 is 0 Å². The first-order valence-electron chi connectivity index (χ1n) is 10.4. The molecule has 31 heavy (non-hydrogen) atoms. The van der Waals surface area contributed by atoms with E-state index >= 15 is 0 Å². The molecule has 0 spiro atoms. The molecule has 1 heterocycles. The van der Waals surface area contributed by atoms with E-state index < -0.39 is 0 Å². The van der Waals surface area contributed by atoms with Gasteiger partial charge in [-0.15, -0.1) is 10.2 Å². The van der Waals surface area contributed by atoms with E-state index in [1.54, 1.807) is 26.1 Å². The number of methoxy groups -OCH3 is 1. The number of carbonyl (C=O) groups is 1. The molecule has 3 aromatic rings. The maximum absolute atomic E-state index is 12.8. The third kappa shape index (κ3) is 5.67. The maximum Gasteiger partial charge on any atom is 0.235 e. The Balaban J connectivity index is 1.95. The van der Waals surface area contributed by atoms with Gasteiger partial charge in [0.25, 0.3) is 0 Å². The van der Waals surface area contributed by atoms with Crippen molar-refractivity contribution in [1.82, 2.24) is 19.7 Å². The molecule has 0 saturated carbocycles. The molecule has 6 nitrogen and oxygen atoms in total. The van der Waals surface area contributed by atoms with Crippen molar-refractivity contribution in [2.45, 2.75) is 37.2 Å². The molecule has 3 rings (SSSR count). The van der Waals surface area contributed by atoms with Crippen LogP contribution in [0, 0.1) is 5.92 Å². The van der Waals surface area contributed by atoms with Gasteiger partial charge < -0.3 is 14.2 Å². The van der Waals surface area contributed by atoms with Gasteiger partial charge in [-0.3, -0.25) is 4.79 Å². The molecule has 0 bridgehead atoms. The fourth-order valence-corrected chi connectivity index (χ4v) is 4.46. The van der Waals surface area contributed by atoms with E-state index in [9.17, 15) is 4.79 Å². The Labute approximate surface area is 188 Å². The molecule has 164 valence electrons. The zero-order valence-electron chi connectivity index (χ0n) is 18.8. The number of thioether (sulfide) groups is 1. The van der Waals surface area contributed by atoms with Gasteiger partial charge in [0.1, 0.15) is 5.75 Å². The van der Waals surface area contributed by atoms with Gasteiger partial charge in [-0.1, -0.05) is 55.9 Å². The van der Waals surface area contributed by atoms with E-state index in [4.69, 9.17) is 4.74 Å². The van der Waals surface area contributed by atoms with Crippen molar-refractivity contribution in [1.29, 1.82) is 0 Å². The second-order valence-corrected chi connectivity index (χ2v) is 9.05. The largest absolute Gasteiger partial charge is 0.497 e. The number of aryl methyl sites for hydroxylation is 1. The van der Waals surface area contributed by atoms with Crippen molar-refractivity contribution in [2.24, 2.45) is 5.92 Å². The number of rotatable bonds is 9. The molecule has 0 aliphatic rings. The van der Waals surface area contributed by atoms with E-state index in [0.717, 1.165) is 35.3 Å². The summed E-state index contributed by atoms with van der Waals surface area (Å²) in [5, 5.41) is 9.52. The Morgan fingerprint density at radius 3 is 2.32 bits per heavy atom. The Bertz CT molecular complexity index is 985. The van der Waals surface area contributed by atoms with Crippen molar-refractivity contribution in [3.8, 4) is 17.1 Å². The van der Waals surface area contributed by atoms with E-state index in [0.29, 0.717) is 0 Å². The fourth-order valence-electron chi connectivity index (χ4n) is 3.26. The number of carbonyl (C=O) groups excluding carboxylic acids is 1. The first kappa shape index (κ1) is 22.9. The summed E-state index contributed by atoms with van der Waals surface area (Å²) >= 11 is 1.49. The molecule has 0 aliphatic heterocycles. The van der Waals surface area contributed by atoms with Gasteiger partial charge in [-0.05, 0) is 42.2 Å². The average molecular weight is 439 g/mol. The topological polar surface area (TPSA) is 60.3 Å². The molecule has 0 radical (unpaired) electrons. The SMILES string of the molecule is COc1ccc(-c2nnc(SC(C(=O)N(C)C)C(C)C)n2CCc2ccccc2)cc1. The molecular formula is C24H30N4O2S. The van der Waals surface area contributed by atoms with Crippen molar-refractivity contribution in [2.75, 3.05) is 21.2 Å². The first-order chi connectivity index (χ1) is 14.9. The Morgan fingerprint density at radius 2 is 1.74 bits per heavy atom. The van der Waals surface area contributed by atoms with E-state index in [1.165, 1.54) is 17.3 Å². The van der Waals surface area contributed by atoms with Gasteiger partial charge in [0, 0.05) is 26.2 Å². The lowest BCUT2D eigenvalue weighted by Gasteiger charge is -2.23. The third-order valence-corrected chi connectivity index (χ3v) is 6.57. The predicted molar refractivity (Wildman–Crippen MR) is 125 cm³/mol. The number of aromatic nitrogens is 3. The highest BCUT2D eigenvalue weighted by Gasteiger charge is 2.28. The molecule has 1 atom stereocenters. The van der Waals surface area contributed by atoms with Gasteiger partial charge in [0.2, 0.25) is 5.91 Å². The summed E-state index contributed by atoms with van der Waals surface area (Å²) in [6.45, 7) is 4.85. The third-order valence-electron chi connectivity index (χ3n) is 5.05. The quantitative estimate of drug-likeness (QED) is 0.464. The molecule has 1 unspecified atom stereocenters. The lowest BCUT2D eigenvalue weighted by Crippen LogP contribution is -2.35. The number of nitrogens with zero attached hydrogens (tertiary/aromatic N) is 4. The van der Waals surface area contributed by atoms with Crippen molar-refractivity contribution < 1.29 is 9.53 Å². The fraction of sp³-hybridized carbons (Fsp3) is 0.375. The van der Waals surface area contributed by atoms with Crippen LogP contribution in [0.2, 0.25) is 0 Å². The van der Waals surface area contributed by atoms with Crippen LogP contribution in [0.4, 0.5) is 0 Å². The smallest absolute Gasteiger partial charge is 0.235 e. The second kappa shape index (κ2) is 10.5. The zero-order chi connectivity index (χ0) is 22.4. The monoisotopic (exact) mass is 438 g/mol. The number of ether oxygens (including phenoxy) is 1. The first-order valence-corrected chi connectivity index (χ1v) is 11.3. The van der Waals surface area contributed by atoms with Crippen LogP contribution >= 0.6 is 11.8 Å². The predicted octanol–water partition coefficient (Wildman–Crippen LogP) is 4.40. The molecule has 0 aliphatic carbocycles. The average Bonchev–Trinajstić information content (AvgIpc) is 3.18. The molecule has 0 N–H and O–H groups in total. The molecular weight excluding hydrogens is 408 g/mol. The highest BCUT2D eigenvalue weighted by atomic mass is 32.2. The normalized spacial score (nSPS) is 12.1. The summed E-state index contributed by atoms with van der Waals surface area (Å²) in [5.41, 5.74) is 2.21.